The van der Waals surface area contributed by atoms with Crippen LogP contribution in [-0.2, 0) is 5.41 Å². The molecule has 0 aliphatic carbocycles. The zero-order valence-electron chi connectivity index (χ0n) is 20.2. The lowest BCUT2D eigenvalue weighted by Crippen LogP contribution is -2.11. The van der Waals surface area contributed by atoms with Crippen LogP contribution in [0.15, 0.2) is 114 Å². The van der Waals surface area contributed by atoms with Gasteiger partial charge in [0.05, 0.1) is 5.69 Å². The van der Waals surface area contributed by atoms with E-state index in [-0.39, 0.29) is 5.41 Å². The summed E-state index contributed by atoms with van der Waals surface area (Å²) in [5, 5.41) is 2.23. The molecule has 0 fully saturated rings. The first-order chi connectivity index (χ1) is 17.0. The molecule has 0 amide bonds. The Morgan fingerprint density at radius 2 is 1.20 bits per heavy atom. The molecule has 2 heterocycles. The average molecular weight is 454 g/mol. The van der Waals surface area contributed by atoms with E-state index >= 15 is 0 Å². The number of para-hydroxylation sites is 2. The minimum Gasteiger partial charge on any atom is -0.455 e. The van der Waals surface area contributed by atoms with E-state index in [2.05, 4.69) is 118 Å². The molecule has 0 bridgehead atoms. The molecular formula is C33H27NO. The molecule has 2 aromatic heterocycles. The Labute approximate surface area is 205 Å². The van der Waals surface area contributed by atoms with Crippen LogP contribution in [0.5, 0.6) is 0 Å². The fraction of sp³-hybridized carbons (Fsp3) is 0.121. The highest BCUT2D eigenvalue weighted by Gasteiger charge is 2.18. The SMILES string of the molecule is CC(C)(C)c1ccnc(-c2cccc3c2oc2c(-c4cccc(-c5ccccc5)c4)cccc23)c1. The highest BCUT2D eigenvalue weighted by atomic mass is 16.3. The van der Waals surface area contributed by atoms with Gasteiger partial charge in [-0.05, 0) is 51.9 Å². The Balaban J connectivity index is 1.54. The minimum atomic E-state index is 0.0520. The van der Waals surface area contributed by atoms with Crippen molar-refractivity contribution >= 4 is 21.9 Å². The third-order valence-corrected chi connectivity index (χ3v) is 6.71. The van der Waals surface area contributed by atoms with Crippen LogP contribution in [0.2, 0.25) is 0 Å². The van der Waals surface area contributed by atoms with Crippen LogP contribution in [0.4, 0.5) is 0 Å². The van der Waals surface area contributed by atoms with Gasteiger partial charge in [0.1, 0.15) is 11.2 Å². The van der Waals surface area contributed by atoms with Crippen LogP contribution in [0.3, 0.4) is 0 Å². The minimum absolute atomic E-state index is 0.0520. The topological polar surface area (TPSA) is 26.0 Å². The fourth-order valence-corrected chi connectivity index (χ4v) is 4.79. The number of fused-ring (bicyclic) bond motifs is 3. The lowest BCUT2D eigenvalue weighted by molar-refractivity contribution is 0.589. The van der Waals surface area contributed by atoms with Crippen LogP contribution < -0.4 is 0 Å². The van der Waals surface area contributed by atoms with Crippen molar-refractivity contribution in [3.63, 3.8) is 0 Å². The van der Waals surface area contributed by atoms with Crippen molar-refractivity contribution in [3.8, 4) is 33.5 Å². The number of hydrogen-bond acceptors (Lipinski definition) is 2. The molecule has 0 aliphatic rings. The maximum absolute atomic E-state index is 6.65. The van der Waals surface area contributed by atoms with Crippen LogP contribution in [0.1, 0.15) is 26.3 Å². The maximum Gasteiger partial charge on any atom is 0.144 e. The Hall–Kier alpha value is -4.17. The molecule has 2 heteroatoms. The number of benzene rings is 4. The van der Waals surface area contributed by atoms with E-state index in [0.717, 1.165) is 44.3 Å². The molecule has 0 saturated heterocycles. The first-order valence-electron chi connectivity index (χ1n) is 12.1. The van der Waals surface area contributed by atoms with Gasteiger partial charge in [-0.1, -0.05) is 99.6 Å². The summed E-state index contributed by atoms with van der Waals surface area (Å²) in [5.74, 6) is 0. The molecule has 0 spiro atoms. The van der Waals surface area contributed by atoms with E-state index in [1.165, 1.54) is 16.7 Å². The summed E-state index contributed by atoms with van der Waals surface area (Å²) in [7, 11) is 0. The quantitative estimate of drug-likeness (QED) is 0.267. The molecule has 0 unspecified atom stereocenters. The van der Waals surface area contributed by atoms with Gasteiger partial charge in [0.2, 0.25) is 0 Å². The third-order valence-electron chi connectivity index (χ3n) is 6.71. The molecule has 6 aromatic rings. The van der Waals surface area contributed by atoms with Crippen LogP contribution in [0, 0.1) is 0 Å². The second-order valence-corrected chi connectivity index (χ2v) is 10.1. The van der Waals surface area contributed by atoms with Crippen LogP contribution >= 0.6 is 0 Å². The number of aromatic nitrogens is 1. The first kappa shape index (κ1) is 21.4. The van der Waals surface area contributed by atoms with Gasteiger partial charge in [0.25, 0.3) is 0 Å². The van der Waals surface area contributed by atoms with Crippen molar-refractivity contribution in [2.75, 3.05) is 0 Å². The van der Waals surface area contributed by atoms with Gasteiger partial charge in [-0.15, -0.1) is 0 Å². The average Bonchev–Trinajstić information content (AvgIpc) is 3.28. The molecule has 0 radical (unpaired) electrons. The van der Waals surface area contributed by atoms with E-state index in [1.54, 1.807) is 0 Å². The van der Waals surface area contributed by atoms with E-state index in [9.17, 15) is 0 Å². The van der Waals surface area contributed by atoms with Gasteiger partial charge in [-0.3, -0.25) is 4.98 Å². The van der Waals surface area contributed by atoms with Gasteiger partial charge in [0, 0.05) is 28.1 Å². The lowest BCUT2D eigenvalue weighted by atomic mass is 9.87. The number of nitrogens with zero attached hydrogens (tertiary/aromatic N) is 1. The summed E-state index contributed by atoms with van der Waals surface area (Å²) in [4.78, 5) is 4.71. The van der Waals surface area contributed by atoms with E-state index in [0.29, 0.717) is 0 Å². The normalized spacial score (nSPS) is 11.9. The maximum atomic E-state index is 6.65. The van der Waals surface area contributed by atoms with Crippen molar-refractivity contribution < 1.29 is 4.42 Å². The highest BCUT2D eigenvalue weighted by Crippen LogP contribution is 2.40. The number of pyridine rings is 1. The van der Waals surface area contributed by atoms with Gasteiger partial charge in [-0.25, -0.2) is 0 Å². The predicted molar refractivity (Wildman–Crippen MR) is 147 cm³/mol. The van der Waals surface area contributed by atoms with Crippen LogP contribution in [0.25, 0.3) is 55.4 Å². The summed E-state index contributed by atoms with van der Waals surface area (Å²) < 4.78 is 6.65. The number of hydrogen-bond donors (Lipinski definition) is 0. The molecule has 0 aliphatic heterocycles. The lowest BCUT2D eigenvalue weighted by Gasteiger charge is -2.19. The zero-order valence-corrected chi connectivity index (χ0v) is 20.2. The molecule has 4 aromatic carbocycles. The molecule has 170 valence electrons. The highest BCUT2D eigenvalue weighted by molar-refractivity contribution is 6.12. The van der Waals surface area contributed by atoms with Gasteiger partial charge >= 0.3 is 0 Å². The summed E-state index contributed by atoms with van der Waals surface area (Å²) in [6, 6.07) is 36.2. The number of furan rings is 1. The van der Waals surface area contributed by atoms with E-state index in [4.69, 9.17) is 9.40 Å². The van der Waals surface area contributed by atoms with Crippen molar-refractivity contribution in [3.05, 3.63) is 115 Å². The molecule has 0 atom stereocenters. The van der Waals surface area contributed by atoms with Crippen molar-refractivity contribution in [2.45, 2.75) is 26.2 Å². The second kappa shape index (κ2) is 8.25. The summed E-state index contributed by atoms with van der Waals surface area (Å²) in [6.45, 7) is 6.68. The third kappa shape index (κ3) is 3.81. The Morgan fingerprint density at radius 3 is 1.94 bits per heavy atom. The van der Waals surface area contributed by atoms with Gasteiger partial charge in [0.15, 0.2) is 0 Å². The van der Waals surface area contributed by atoms with Gasteiger partial charge < -0.3 is 4.42 Å². The smallest absolute Gasteiger partial charge is 0.144 e. The molecule has 35 heavy (non-hydrogen) atoms. The summed E-state index contributed by atoms with van der Waals surface area (Å²) in [5.41, 5.74) is 9.70. The Bertz CT molecular complexity index is 1670. The first-order valence-corrected chi connectivity index (χ1v) is 12.1. The summed E-state index contributed by atoms with van der Waals surface area (Å²) >= 11 is 0. The molecule has 0 saturated carbocycles. The van der Waals surface area contributed by atoms with Gasteiger partial charge in [-0.2, -0.15) is 0 Å². The Kier molecular flexibility index (Phi) is 5.04. The molecule has 0 N–H and O–H groups in total. The molecular weight excluding hydrogens is 426 g/mol. The zero-order chi connectivity index (χ0) is 24.0. The Morgan fingerprint density at radius 1 is 0.571 bits per heavy atom. The van der Waals surface area contributed by atoms with Crippen molar-refractivity contribution in [1.29, 1.82) is 0 Å². The van der Waals surface area contributed by atoms with Crippen molar-refractivity contribution in [2.24, 2.45) is 0 Å². The largest absolute Gasteiger partial charge is 0.455 e. The van der Waals surface area contributed by atoms with E-state index in [1.807, 2.05) is 12.3 Å². The molecule has 2 nitrogen and oxygen atoms in total. The molecule has 6 rings (SSSR count). The monoisotopic (exact) mass is 453 g/mol. The standard InChI is InChI=1S/C33H27NO/c1-33(2,3)25-18-19-34-30(21-25)29-17-9-16-28-27-15-8-14-26(31(27)35-32(28)29)24-13-7-12-23(20-24)22-10-5-4-6-11-22/h4-21H,1-3H3. The fourth-order valence-electron chi connectivity index (χ4n) is 4.79. The van der Waals surface area contributed by atoms with Crippen molar-refractivity contribution in [1.82, 2.24) is 4.98 Å². The van der Waals surface area contributed by atoms with E-state index < -0.39 is 0 Å². The summed E-state index contributed by atoms with van der Waals surface area (Å²) in [6.07, 6.45) is 1.90. The second-order valence-electron chi connectivity index (χ2n) is 10.1. The number of rotatable bonds is 3. The predicted octanol–water partition coefficient (Wildman–Crippen LogP) is 9.28. The van der Waals surface area contributed by atoms with Crippen LogP contribution in [-0.4, -0.2) is 4.98 Å².